The number of aryl methyl sites for hydroxylation is 1. The van der Waals surface area contributed by atoms with Crippen molar-refractivity contribution in [2.45, 2.75) is 42.2 Å². The second-order valence-electron chi connectivity index (χ2n) is 8.31. The van der Waals surface area contributed by atoms with Gasteiger partial charge in [0.15, 0.2) is 0 Å². The molecule has 0 aliphatic rings. The van der Waals surface area contributed by atoms with Crippen molar-refractivity contribution in [3.8, 4) is 5.75 Å². The van der Waals surface area contributed by atoms with Gasteiger partial charge in [-0.25, -0.2) is 13.2 Å². The van der Waals surface area contributed by atoms with Crippen molar-refractivity contribution in [2.24, 2.45) is 0 Å². The summed E-state index contributed by atoms with van der Waals surface area (Å²) < 4.78 is 31.6. The van der Waals surface area contributed by atoms with Crippen LogP contribution in [0.1, 0.15) is 29.7 Å². The molecular weight excluding hydrogens is 486 g/mol. The summed E-state index contributed by atoms with van der Waals surface area (Å²) in [5.74, 6) is -0.764. The number of halogens is 1. The summed E-state index contributed by atoms with van der Waals surface area (Å²) in [5.41, 5.74) is 2.43. The number of nitrogens with one attached hydrogen (secondary N) is 1. The smallest absolute Gasteiger partial charge is 0.335 e. The SMILES string of the molecule is C=CC(=O)Oc1cc(C)ccc1S(=O)(=O)c1ccc(C[C@@H](C)NC[C@@H](O)c2cccc(Cl)c2)cc1. The molecule has 0 radical (unpaired) electrons. The molecule has 2 N–H and O–H groups in total. The number of sulfone groups is 1. The number of ether oxygens (including phenoxy) is 1. The first kappa shape index (κ1) is 26.6. The Hall–Kier alpha value is -2.97. The van der Waals surface area contributed by atoms with Crippen molar-refractivity contribution in [1.29, 1.82) is 0 Å². The van der Waals surface area contributed by atoms with E-state index in [2.05, 4.69) is 11.9 Å². The molecule has 3 aromatic rings. The molecule has 184 valence electrons. The highest BCUT2D eigenvalue weighted by Gasteiger charge is 2.23. The zero-order valence-corrected chi connectivity index (χ0v) is 21.1. The molecule has 0 bridgehead atoms. The van der Waals surface area contributed by atoms with Gasteiger partial charge in [-0.3, -0.25) is 0 Å². The van der Waals surface area contributed by atoms with E-state index in [0.717, 1.165) is 22.8 Å². The van der Waals surface area contributed by atoms with Crippen molar-refractivity contribution in [1.82, 2.24) is 5.32 Å². The Labute approximate surface area is 211 Å². The Morgan fingerprint density at radius 2 is 1.86 bits per heavy atom. The van der Waals surface area contributed by atoms with Crippen molar-refractivity contribution in [3.05, 3.63) is 101 Å². The van der Waals surface area contributed by atoms with Gasteiger partial charge in [0.25, 0.3) is 0 Å². The zero-order valence-electron chi connectivity index (χ0n) is 19.6. The van der Waals surface area contributed by atoms with E-state index < -0.39 is 21.9 Å². The fourth-order valence-corrected chi connectivity index (χ4v) is 5.13. The highest BCUT2D eigenvalue weighted by Crippen LogP contribution is 2.31. The minimum atomic E-state index is -3.91. The van der Waals surface area contributed by atoms with E-state index in [4.69, 9.17) is 16.3 Å². The third kappa shape index (κ3) is 7.02. The lowest BCUT2D eigenvalue weighted by Crippen LogP contribution is -2.32. The predicted molar refractivity (Wildman–Crippen MR) is 136 cm³/mol. The average Bonchev–Trinajstić information content (AvgIpc) is 2.82. The fraction of sp³-hybridized carbons (Fsp3) is 0.222. The van der Waals surface area contributed by atoms with E-state index in [1.807, 2.05) is 13.0 Å². The Morgan fingerprint density at radius 3 is 2.51 bits per heavy atom. The van der Waals surface area contributed by atoms with Crippen LogP contribution in [0.15, 0.2) is 89.2 Å². The van der Waals surface area contributed by atoms with E-state index in [9.17, 15) is 18.3 Å². The quantitative estimate of drug-likeness (QED) is 0.229. The third-order valence-electron chi connectivity index (χ3n) is 5.43. The molecule has 0 aliphatic carbocycles. The number of aliphatic hydroxyl groups is 1. The second kappa shape index (κ2) is 11.6. The lowest BCUT2D eigenvalue weighted by molar-refractivity contribution is -0.129. The molecule has 6 nitrogen and oxygen atoms in total. The summed E-state index contributed by atoms with van der Waals surface area (Å²) in [7, 11) is -3.91. The largest absolute Gasteiger partial charge is 0.422 e. The van der Waals surface area contributed by atoms with Gasteiger partial charge in [-0.1, -0.05) is 48.5 Å². The molecule has 8 heteroatoms. The van der Waals surface area contributed by atoms with E-state index in [0.29, 0.717) is 18.0 Å². The number of rotatable bonds is 10. The molecule has 0 saturated heterocycles. The Morgan fingerprint density at radius 1 is 1.14 bits per heavy atom. The maximum absolute atomic E-state index is 13.2. The van der Waals surface area contributed by atoms with Crippen LogP contribution in [-0.4, -0.2) is 32.1 Å². The fourth-order valence-electron chi connectivity index (χ4n) is 3.57. The molecule has 3 rings (SSSR count). The minimum absolute atomic E-state index is 0.0324. The molecule has 0 aliphatic heterocycles. The van der Waals surface area contributed by atoms with Gasteiger partial charge in [0.05, 0.1) is 11.0 Å². The lowest BCUT2D eigenvalue weighted by Gasteiger charge is -2.18. The summed E-state index contributed by atoms with van der Waals surface area (Å²) in [5, 5.41) is 14.2. The van der Waals surface area contributed by atoms with Gasteiger partial charge < -0.3 is 15.2 Å². The monoisotopic (exact) mass is 513 g/mol. The topological polar surface area (TPSA) is 92.7 Å². The molecule has 0 unspecified atom stereocenters. The molecular formula is C27H28ClNO5S. The van der Waals surface area contributed by atoms with Crippen LogP contribution in [0.5, 0.6) is 5.75 Å². The summed E-state index contributed by atoms with van der Waals surface area (Å²) in [4.78, 5) is 11.7. The van der Waals surface area contributed by atoms with Gasteiger partial charge in [0, 0.05) is 23.7 Å². The van der Waals surface area contributed by atoms with Crippen LogP contribution < -0.4 is 10.1 Å². The van der Waals surface area contributed by atoms with Crippen LogP contribution in [0.4, 0.5) is 0 Å². The second-order valence-corrected chi connectivity index (χ2v) is 10.7. The lowest BCUT2D eigenvalue weighted by atomic mass is 10.1. The standard InChI is InChI=1S/C27H28ClNO5S/c1-4-27(31)34-25-14-18(2)8-13-26(25)35(32,33)23-11-9-20(10-12-23)15-19(3)29-17-24(30)21-6-5-7-22(28)16-21/h4-14,16,19,24,29-30H,1,15,17H2,2-3H3/t19-,24-/m1/s1. The van der Waals surface area contributed by atoms with Crippen LogP contribution >= 0.6 is 11.6 Å². The average molecular weight is 514 g/mol. The molecule has 0 heterocycles. The highest BCUT2D eigenvalue weighted by molar-refractivity contribution is 7.91. The summed E-state index contributed by atoms with van der Waals surface area (Å²) in [6.45, 7) is 7.48. The van der Waals surface area contributed by atoms with Crippen LogP contribution in [0.3, 0.4) is 0 Å². The highest BCUT2D eigenvalue weighted by atomic mass is 35.5. The number of carbonyl (C=O) groups excluding carboxylic acids is 1. The predicted octanol–water partition coefficient (Wildman–Crippen LogP) is 4.83. The summed E-state index contributed by atoms with van der Waals surface area (Å²) in [6, 6.07) is 18.3. The zero-order chi connectivity index (χ0) is 25.6. The number of hydrogen-bond acceptors (Lipinski definition) is 6. The Balaban J connectivity index is 1.68. The molecule has 35 heavy (non-hydrogen) atoms. The Bertz CT molecular complexity index is 1310. The van der Waals surface area contributed by atoms with Crippen LogP contribution in [0, 0.1) is 6.92 Å². The van der Waals surface area contributed by atoms with Crippen LogP contribution in [-0.2, 0) is 21.1 Å². The van der Waals surface area contributed by atoms with Crippen molar-refractivity contribution in [3.63, 3.8) is 0 Å². The Kier molecular flexibility index (Phi) is 8.86. The van der Waals surface area contributed by atoms with Crippen molar-refractivity contribution < 1.29 is 23.1 Å². The molecule has 0 fully saturated rings. The van der Waals surface area contributed by atoms with E-state index in [1.54, 1.807) is 43.3 Å². The number of esters is 1. The molecule has 0 spiro atoms. The molecule has 2 atom stereocenters. The molecule has 0 saturated carbocycles. The molecule has 3 aromatic carbocycles. The van der Waals surface area contributed by atoms with Gasteiger partial charge in [-0.2, -0.15) is 0 Å². The van der Waals surface area contributed by atoms with E-state index in [1.165, 1.54) is 24.3 Å². The first-order valence-electron chi connectivity index (χ1n) is 11.1. The van der Waals surface area contributed by atoms with Crippen LogP contribution in [0.2, 0.25) is 5.02 Å². The number of carbonyl (C=O) groups is 1. The normalized spacial score (nSPS) is 13.1. The third-order valence-corrected chi connectivity index (χ3v) is 7.48. The first-order valence-corrected chi connectivity index (χ1v) is 12.9. The van der Waals surface area contributed by atoms with Gasteiger partial charge in [-0.15, -0.1) is 0 Å². The number of benzene rings is 3. The molecule has 0 aromatic heterocycles. The summed E-state index contributed by atoms with van der Waals surface area (Å²) in [6.07, 6.45) is 0.925. The van der Waals surface area contributed by atoms with Crippen molar-refractivity contribution in [2.75, 3.05) is 6.54 Å². The van der Waals surface area contributed by atoms with Gasteiger partial charge in [0.2, 0.25) is 9.84 Å². The van der Waals surface area contributed by atoms with Crippen LogP contribution in [0.25, 0.3) is 0 Å². The first-order chi connectivity index (χ1) is 16.6. The van der Waals surface area contributed by atoms with Crippen molar-refractivity contribution >= 4 is 27.4 Å². The molecule has 0 amide bonds. The van der Waals surface area contributed by atoms with E-state index in [-0.39, 0.29) is 21.6 Å². The summed E-state index contributed by atoms with van der Waals surface area (Å²) >= 11 is 5.99. The number of aliphatic hydroxyl groups excluding tert-OH is 1. The van der Waals surface area contributed by atoms with Gasteiger partial charge >= 0.3 is 5.97 Å². The van der Waals surface area contributed by atoms with Gasteiger partial charge in [-0.05, 0) is 73.4 Å². The maximum Gasteiger partial charge on any atom is 0.335 e. The number of hydrogen-bond donors (Lipinski definition) is 2. The maximum atomic E-state index is 13.2. The van der Waals surface area contributed by atoms with E-state index >= 15 is 0 Å². The van der Waals surface area contributed by atoms with Gasteiger partial charge in [0.1, 0.15) is 10.6 Å². The minimum Gasteiger partial charge on any atom is -0.422 e.